The van der Waals surface area contributed by atoms with Gasteiger partial charge >= 0.3 is 0 Å². The molecule has 0 saturated carbocycles. The Balaban J connectivity index is 2.50. The summed E-state index contributed by atoms with van der Waals surface area (Å²) in [5.74, 6) is 5.20. The highest BCUT2D eigenvalue weighted by Gasteiger charge is 2.13. The van der Waals surface area contributed by atoms with Crippen molar-refractivity contribution in [3.63, 3.8) is 0 Å². The molecule has 7 nitrogen and oxygen atoms in total. The third-order valence-electron chi connectivity index (χ3n) is 2.36. The van der Waals surface area contributed by atoms with Crippen molar-refractivity contribution in [3.05, 3.63) is 33.9 Å². The van der Waals surface area contributed by atoms with E-state index in [0.29, 0.717) is 19.8 Å². The molecule has 0 fully saturated rings. The van der Waals surface area contributed by atoms with Crippen LogP contribution < -0.4 is 11.3 Å². The number of rotatable bonds is 8. The van der Waals surface area contributed by atoms with E-state index in [9.17, 15) is 10.1 Å². The zero-order valence-corrected chi connectivity index (χ0v) is 11.1. The van der Waals surface area contributed by atoms with Gasteiger partial charge in [0.2, 0.25) is 0 Å². The zero-order chi connectivity index (χ0) is 14.3. The summed E-state index contributed by atoms with van der Waals surface area (Å²) in [6, 6.07) is 4.73. The summed E-state index contributed by atoms with van der Waals surface area (Å²) >= 11 is 0. The number of nitro groups is 1. The molecule has 0 heterocycles. The van der Waals surface area contributed by atoms with Crippen LogP contribution in [0.2, 0.25) is 0 Å². The topological polar surface area (TPSA) is 99.7 Å². The molecule has 1 rings (SSSR count). The van der Waals surface area contributed by atoms with Crippen molar-refractivity contribution in [2.45, 2.75) is 26.6 Å². The van der Waals surface area contributed by atoms with E-state index in [4.69, 9.17) is 15.3 Å². The fourth-order valence-electron chi connectivity index (χ4n) is 1.47. The van der Waals surface area contributed by atoms with Gasteiger partial charge in [-0.25, -0.2) is 0 Å². The average molecular weight is 269 g/mol. The van der Waals surface area contributed by atoms with Crippen LogP contribution in [0.1, 0.15) is 19.4 Å². The molecular weight excluding hydrogens is 250 g/mol. The highest BCUT2D eigenvalue weighted by atomic mass is 16.6. The number of benzene rings is 1. The second-order valence-corrected chi connectivity index (χ2v) is 4.23. The molecule has 0 amide bonds. The Morgan fingerprint density at radius 3 is 2.74 bits per heavy atom. The Bertz CT molecular complexity index is 423. The molecule has 0 aliphatic rings. The summed E-state index contributed by atoms with van der Waals surface area (Å²) in [5, 5.41) is 10.8. The number of hydrogen-bond donors (Lipinski definition) is 2. The SMILES string of the molecule is CC(C)OCCOCc1ccc(NN)c([N+](=O)[O-])c1. The van der Waals surface area contributed by atoms with Crippen molar-refractivity contribution in [2.75, 3.05) is 18.6 Å². The van der Waals surface area contributed by atoms with Gasteiger partial charge in [0.15, 0.2) is 0 Å². The normalized spacial score (nSPS) is 10.7. The van der Waals surface area contributed by atoms with Crippen LogP contribution in [-0.4, -0.2) is 24.2 Å². The molecular formula is C12H19N3O4. The third kappa shape index (κ3) is 5.21. The number of nitrogen functional groups attached to an aromatic ring is 1. The van der Waals surface area contributed by atoms with Crippen LogP contribution in [0.4, 0.5) is 11.4 Å². The molecule has 0 aliphatic heterocycles. The summed E-state index contributed by atoms with van der Waals surface area (Å²) < 4.78 is 10.7. The summed E-state index contributed by atoms with van der Waals surface area (Å²) in [6.07, 6.45) is 0.166. The third-order valence-corrected chi connectivity index (χ3v) is 2.36. The Morgan fingerprint density at radius 1 is 1.42 bits per heavy atom. The Kier molecular flexibility index (Phi) is 6.20. The molecule has 0 spiro atoms. The second-order valence-electron chi connectivity index (χ2n) is 4.23. The van der Waals surface area contributed by atoms with Gasteiger partial charge in [0.25, 0.3) is 5.69 Å². The lowest BCUT2D eigenvalue weighted by Crippen LogP contribution is -2.10. The van der Waals surface area contributed by atoms with Crippen molar-refractivity contribution in [3.8, 4) is 0 Å². The first-order chi connectivity index (χ1) is 9.04. The van der Waals surface area contributed by atoms with Crippen molar-refractivity contribution < 1.29 is 14.4 Å². The number of nitrogens with zero attached hydrogens (tertiary/aromatic N) is 1. The first kappa shape index (κ1) is 15.4. The van der Waals surface area contributed by atoms with Gasteiger partial charge in [-0.1, -0.05) is 6.07 Å². The largest absolute Gasteiger partial charge is 0.376 e. The Morgan fingerprint density at radius 2 is 2.16 bits per heavy atom. The van der Waals surface area contributed by atoms with Crippen LogP contribution in [0.25, 0.3) is 0 Å². The zero-order valence-electron chi connectivity index (χ0n) is 11.1. The number of hydrogen-bond acceptors (Lipinski definition) is 6. The van der Waals surface area contributed by atoms with Gasteiger partial charge in [-0.2, -0.15) is 0 Å². The molecule has 19 heavy (non-hydrogen) atoms. The van der Waals surface area contributed by atoms with Gasteiger partial charge in [0, 0.05) is 6.07 Å². The maximum atomic E-state index is 10.8. The highest BCUT2D eigenvalue weighted by molar-refractivity contribution is 5.61. The fourth-order valence-corrected chi connectivity index (χ4v) is 1.47. The van der Waals surface area contributed by atoms with Crippen LogP contribution >= 0.6 is 0 Å². The molecule has 0 saturated heterocycles. The van der Waals surface area contributed by atoms with Gasteiger partial charge < -0.3 is 14.9 Å². The molecule has 1 aromatic rings. The van der Waals surface area contributed by atoms with Crippen molar-refractivity contribution in [2.24, 2.45) is 5.84 Å². The molecule has 1 aromatic carbocycles. The lowest BCUT2D eigenvalue weighted by atomic mass is 10.2. The van der Waals surface area contributed by atoms with Crippen molar-refractivity contribution in [1.82, 2.24) is 0 Å². The molecule has 0 aromatic heterocycles. The van der Waals surface area contributed by atoms with Gasteiger partial charge in [-0.3, -0.25) is 16.0 Å². The predicted octanol–water partition coefficient (Wildman–Crippen LogP) is 1.82. The molecule has 106 valence electrons. The quantitative estimate of drug-likeness (QED) is 0.323. The van der Waals surface area contributed by atoms with Crippen molar-refractivity contribution >= 4 is 11.4 Å². The van der Waals surface area contributed by atoms with Crippen molar-refractivity contribution in [1.29, 1.82) is 0 Å². The predicted molar refractivity (Wildman–Crippen MR) is 71.7 cm³/mol. The van der Waals surface area contributed by atoms with Gasteiger partial charge in [0.05, 0.1) is 30.8 Å². The maximum Gasteiger partial charge on any atom is 0.294 e. The summed E-state index contributed by atoms with van der Waals surface area (Å²) in [5.41, 5.74) is 3.22. The molecule has 0 bridgehead atoms. The minimum absolute atomic E-state index is 0.0676. The highest BCUT2D eigenvalue weighted by Crippen LogP contribution is 2.24. The number of nitro benzene ring substituents is 1. The van der Waals surface area contributed by atoms with Crippen LogP contribution in [-0.2, 0) is 16.1 Å². The summed E-state index contributed by atoms with van der Waals surface area (Å²) in [7, 11) is 0. The van der Waals surface area contributed by atoms with E-state index in [1.165, 1.54) is 6.07 Å². The van der Waals surface area contributed by atoms with E-state index in [1.54, 1.807) is 12.1 Å². The first-order valence-electron chi connectivity index (χ1n) is 5.98. The number of nitrogens with one attached hydrogen (secondary N) is 1. The minimum atomic E-state index is -0.486. The molecule has 0 unspecified atom stereocenters. The molecule has 0 atom stereocenters. The second kappa shape index (κ2) is 7.67. The standard InChI is InChI=1S/C12H19N3O4/c1-9(2)19-6-5-18-8-10-3-4-11(14-13)12(7-10)15(16)17/h3-4,7,9,14H,5-6,8,13H2,1-2H3. The van der Waals surface area contributed by atoms with Gasteiger partial charge in [0.1, 0.15) is 5.69 Å². The molecule has 3 N–H and O–H groups in total. The van der Waals surface area contributed by atoms with Crippen LogP contribution in [0.15, 0.2) is 18.2 Å². The molecule has 0 aliphatic carbocycles. The minimum Gasteiger partial charge on any atom is -0.376 e. The average Bonchev–Trinajstić information content (AvgIpc) is 2.37. The first-order valence-corrected chi connectivity index (χ1v) is 5.98. The lowest BCUT2D eigenvalue weighted by molar-refractivity contribution is -0.384. The van der Waals surface area contributed by atoms with E-state index in [2.05, 4.69) is 5.43 Å². The Labute approximate surface area is 111 Å². The summed E-state index contributed by atoms with van der Waals surface area (Å²) in [6.45, 7) is 5.14. The van der Waals surface area contributed by atoms with Gasteiger partial charge in [-0.15, -0.1) is 0 Å². The smallest absolute Gasteiger partial charge is 0.294 e. The fraction of sp³-hybridized carbons (Fsp3) is 0.500. The lowest BCUT2D eigenvalue weighted by Gasteiger charge is -2.09. The van der Waals surface area contributed by atoms with Gasteiger partial charge in [-0.05, 0) is 25.5 Å². The maximum absolute atomic E-state index is 10.8. The van der Waals surface area contributed by atoms with E-state index < -0.39 is 4.92 Å². The molecule has 0 radical (unpaired) electrons. The van der Waals surface area contributed by atoms with E-state index in [-0.39, 0.29) is 17.5 Å². The van der Waals surface area contributed by atoms with E-state index in [1.807, 2.05) is 13.8 Å². The van der Waals surface area contributed by atoms with Crippen LogP contribution in [0.5, 0.6) is 0 Å². The van der Waals surface area contributed by atoms with E-state index >= 15 is 0 Å². The Hall–Kier alpha value is -1.70. The summed E-state index contributed by atoms with van der Waals surface area (Å²) in [4.78, 5) is 10.3. The monoisotopic (exact) mass is 269 g/mol. The molecule has 7 heteroatoms. The van der Waals surface area contributed by atoms with E-state index in [0.717, 1.165) is 5.56 Å². The van der Waals surface area contributed by atoms with Crippen LogP contribution in [0, 0.1) is 10.1 Å². The number of hydrazine groups is 1. The van der Waals surface area contributed by atoms with Crippen LogP contribution in [0.3, 0.4) is 0 Å². The number of nitrogens with two attached hydrogens (primary N) is 1. The number of ether oxygens (including phenoxy) is 2. The number of anilines is 1.